The summed E-state index contributed by atoms with van der Waals surface area (Å²) in [5.74, 6) is 0.832. The number of rotatable bonds is 3. The number of nitrogen functional groups attached to an aromatic ring is 1. The fourth-order valence-electron chi connectivity index (χ4n) is 2.51. The van der Waals surface area contributed by atoms with Crippen LogP contribution >= 0.6 is 11.6 Å². The van der Waals surface area contributed by atoms with Crippen molar-refractivity contribution in [2.24, 2.45) is 5.92 Å². The van der Waals surface area contributed by atoms with Gasteiger partial charge >= 0.3 is 0 Å². The van der Waals surface area contributed by atoms with Gasteiger partial charge in [-0.15, -0.1) is 0 Å². The number of hydrogen-bond acceptors (Lipinski definition) is 2. The molecule has 2 N–H and O–H groups in total. The van der Waals surface area contributed by atoms with E-state index in [0.29, 0.717) is 0 Å². The lowest BCUT2D eigenvalue weighted by molar-refractivity contribution is 0.547. The number of hydrogen-bond donors (Lipinski definition) is 1. The molecule has 0 aliphatic heterocycles. The number of nitrogens with zero attached hydrogens (tertiary/aromatic N) is 1. The van der Waals surface area contributed by atoms with Crippen molar-refractivity contribution in [3.05, 3.63) is 23.2 Å². The van der Waals surface area contributed by atoms with Gasteiger partial charge in [-0.1, -0.05) is 24.4 Å². The number of halogens is 1. The van der Waals surface area contributed by atoms with Crippen molar-refractivity contribution in [1.82, 2.24) is 0 Å². The molecular weight excluding hydrogens is 220 g/mol. The van der Waals surface area contributed by atoms with Crippen molar-refractivity contribution < 1.29 is 0 Å². The van der Waals surface area contributed by atoms with E-state index in [2.05, 4.69) is 11.9 Å². The third-order valence-electron chi connectivity index (χ3n) is 3.39. The standard InChI is InChI=1S/C13H19ClN2/c1-16(9-10-4-2-3-5-10)13-7-6-11(15)8-12(13)14/h6-8,10H,2-5,9,15H2,1H3. The molecule has 0 heterocycles. The van der Waals surface area contributed by atoms with Crippen LogP contribution in [0.5, 0.6) is 0 Å². The Labute approximate surface area is 102 Å². The van der Waals surface area contributed by atoms with Gasteiger partial charge in [0, 0.05) is 19.3 Å². The summed E-state index contributed by atoms with van der Waals surface area (Å²) in [6.07, 6.45) is 5.48. The predicted octanol–water partition coefficient (Wildman–Crippen LogP) is 3.55. The van der Waals surface area contributed by atoms with E-state index in [4.69, 9.17) is 17.3 Å². The van der Waals surface area contributed by atoms with Crippen molar-refractivity contribution in [3.63, 3.8) is 0 Å². The fourth-order valence-corrected chi connectivity index (χ4v) is 2.84. The summed E-state index contributed by atoms with van der Waals surface area (Å²) in [6.45, 7) is 1.10. The van der Waals surface area contributed by atoms with E-state index in [1.54, 1.807) is 0 Å². The molecular formula is C13H19ClN2. The normalized spacial score (nSPS) is 16.6. The zero-order chi connectivity index (χ0) is 11.5. The Balaban J connectivity index is 2.04. The monoisotopic (exact) mass is 238 g/mol. The molecule has 0 atom stereocenters. The van der Waals surface area contributed by atoms with Gasteiger partial charge in [-0.3, -0.25) is 0 Å². The van der Waals surface area contributed by atoms with Crippen LogP contribution in [0.2, 0.25) is 5.02 Å². The summed E-state index contributed by atoms with van der Waals surface area (Å²) in [7, 11) is 2.11. The Kier molecular flexibility index (Phi) is 3.59. The highest BCUT2D eigenvalue weighted by Crippen LogP contribution is 2.30. The molecule has 0 spiro atoms. The molecule has 1 fully saturated rings. The van der Waals surface area contributed by atoms with Gasteiger partial charge in [-0.25, -0.2) is 0 Å². The van der Waals surface area contributed by atoms with Crippen LogP contribution in [0.15, 0.2) is 18.2 Å². The van der Waals surface area contributed by atoms with E-state index >= 15 is 0 Å². The zero-order valence-corrected chi connectivity index (χ0v) is 10.5. The highest BCUT2D eigenvalue weighted by molar-refractivity contribution is 6.33. The second-order valence-electron chi connectivity index (χ2n) is 4.74. The Morgan fingerprint density at radius 1 is 1.38 bits per heavy atom. The molecule has 1 aromatic rings. The predicted molar refractivity (Wildman–Crippen MR) is 71.1 cm³/mol. The van der Waals surface area contributed by atoms with Crippen molar-refractivity contribution in [2.75, 3.05) is 24.2 Å². The first-order chi connectivity index (χ1) is 7.66. The summed E-state index contributed by atoms with van der Waals surface area (Å²) in [5.41, 5.74) is 7.50. The summed E-state index contributed by atoms with van der Waals surface area (Å²) < 4.78 is 0. The maximum atomic E-state index is 6.19. The molecule has 16 heavy (non-hydrogen) atoms. The van der Waals surface area contributed by atoms with E-state index in [0.717, 1.165) is 28.9 Å². The molecule has 1 saturated carbocycles. The van der Waals surface area contributed by atoms with Crippen LogP contribution in [0.1, 0.15) is 25.7 Å². The topological polar surface area (TPSA) is 29.3 Å². The average molecular weight is 239 g/mol. The maximum Gasteiger partial charge on any atom is 0.0659 e. The van der Waals surface area contributed by atoms with Gasteiger partial charge in [0.25, 0.3) is 0 Å². The molecule has 0 saturated heterocycles. The van der Waals surface area contributed by atoms with Gasteiger partial charge in [0.05, 0.1) is 10.7 Å². The van der Waals surface area contributed by atoms with Crippen molar-refractivity contribution in [3.8, 4) is 0 Å². The van der Waals surface area contributed by atoms with Crippen molar-refractivity contribution >= 4 is 23.0 Å². The lowest BCUT2D eigenvalue weighted by Crippen LogP contribution is -2.24. The highest BCUT2D eigenvalue weighted by Gasteiger charge is 2.17. The summed E-state index contributed by atoms with van der Waals surface area (Å²) in [5, 5.41) is 0.750. The van der Waals surface area contributed by atoms with Crippen LogP contribution in [-0.2, 0) is 0 Å². The van der Waals surface area contributed by atoms with E-state index in [1.807, 2.05) is 18.2 Å². The summed E-state index contributed by atoms with van der Waals surface area (Å²) in [4.78, 5) is 2.25. The van der Waals surface area contributed by atoms with Gasteiger partial charge < -0.3 is 10.6 Å². The third-order valence-corrected chi connectivity index (χ3v) is 3.69. The first-order valence-corrected chi connectivity index (χ1v) is 6.31. The van der Waals surface area contributed by atoms with Crippen LogP contribution in [0.4, 0.5) is 11.4 Å². The molecule has 3 heteroatoms. The van der Waals surface area contributed by atoms with E-state index in [1.165, 1.54) is 25.7 Å². The van der Waals surface area contributed by atoms with Gasteiger partial charge in [-0.2, -0.15) is 0 Å². The van der Waals surface area contributed by atoms with Gasteiger partial charge in [0.2, 0.25) is 0 Å². The molecule has 1 aliphatic carbocycles. The Hall–Kier alpha value is -0.890. The first-order valence-electron chi connectivity index (χ1n) is 5.93. The van der Waals surface area contributed by atoms with E-state index in [-0.39, 0.29) is 0 Å². The number of anilines is 2. The minimum absolute atomic E-state index is 0.725. The molecule has 0 unspecified atom stereocenters. The highest BCUT2D eigenvalue weighted by atomic mass is 35.5. The number of nitrogens with two attached hydrogens (primary N) is 1. The van der Waals surface area contributed by atoms with Crippen LogP contribution in [-0.4, -0.2) is 13.6 Å². The van der Waals surface area contributed by atoms with Gasteiger partial charge in [0.15, 0.2) is 0 Å². The fraction of sp³-hybridized carbons (Fsp3) is 0.538. The molecule has 0 aromatic heterocycles. The summed E-state index contributed by atoms with van der Waals surface area (Å²) in [6, 6.07) is 5.74. The molecule has 1 aliphatic rings. The minimum atomic E-state index is 0.725. The molecule has 0 amide bonds. The lowest BCUT2D eigenvalue weighted by atomic mass is 10.1. The second-order valence-corrected chi connectivity index (χ2v) is 5.15. The largest absolute Gasteiger partial charge is 0.399 e. The van der Waals surface area contributed by atoms with E-state index in [9.17, 15) is 0 Å². The van der Waals surface area contributed by atoms with Crippen LogP contribution in [0, 0.1) is 5.92 Å². The zero-order valence-electron chi connectivity index (χ0n) is 9.75. The van der Waals surface area contributed by atoms with Crippen LogP contribution in [0.25, 0.3) is 0 Å². The van der Waals surface area contributed by atoms with Crippen molar-refractivity contribution in [1.29, 1.82) is 0 Å². The maximum absolute atomic E-state index is 6.19. The van der Waals surface area contributed by atoms with Crippen LogP contribution < -0.4 is 10.6 Å². The van der Waals surface area contributed by atoms with Gasteiger partial charge in [-0.05, 0) is 37.0 Å². The lowest BCUT2D eigenvalue weighted by Gasteiger charge is -2.24. The third kappa shape index (κ3) is 2.62. The Morgan fingerprint density at radius 3 is 2.69 bits per heavy atom. The van der Waals surface area contributed by atoms with Crippen molar-refractivity contribution in [2.45, 2.75) is 25.7 Å². The SMILES string of the molecule is CN(CC1CCCC1)c1ccc(N)cc1Cl. The second kappa shape index (κ2) is 4.96. The number of benzene rings is 1. The molecule has 2 nitrogen and oxygen atoms in total. The average Bonchev–Trinajstić information content (AvgIpc) is 2.70. The minimum Gasteiger partial charge on any atom is -0.399 e. The smallest absolute Gasteiger partial charge is 0.0659 e. The van der Waals surface area contributed by atoms with Gasteiger partial charge in [0.1, 0.15) is 0 Å². The van der Waals surface area contributed by atoms with E-state index < -0.39 is 0 Å². The summed E-state index contributed by atoms with van der Waals surface area (Å²) >= 11 is 6.19. The quantitative estimate of drug-likeness (QED) is 0.816. The molecule has 0 bridgehead atoms. The van der Waals surface area contributed by atoms with Crippen LogP contribution in [0.3, 0.4) is 0 Å². The first kappa shape index (κ1) is 11.6. The Morgan fingerprint density at radius 2 is 2.06 bits per heavy atom. The molecule has 0 radical (unpaired) electrons. The Bertz CT molecular complexity index is 359. The molecule has 88 valence electrons. The molecule has 1 aromatic carbocycles. The molecule has 2 rings (SSSR count).